The molecule has 1 spiro atoms. The monoisotopic (exact) mass is 340 g/mol. The number of Topliss-reactive ketones (excluding diaryl/α,β-unsaturated/α-hetero) is 1. The quantitative estimate of drug-likeness (QED) is 0.688. The number of imide groups is 1. The van der Waals surface area contributed by atoms with E-state index in [1.807, 2.05) is 18.2 Å². The molecule has 0 unspecified atom stereocenters. The zero-order chi connectivity index (χ0) is 17.6. The smallest absolute Gasteiger partial charge is 0.325 e. The zero-order valence-electron chi connectivity index (χ0n) is 14.1. The van der Waals surface area contributed by atoms with Crippen LogP contribution >= 0.6 is 0 Å². The van der Waals surface area contributed by atoms with Crippen LogP contribution in [0, 0.1) is 5.92 Å². The summed E-state index contributed by atoms with van der Waals surface area (Å²) >= 11 is 0. The fraction of sp³-hybridized carbons (Fsp3) is 0.421. The lowest BCUT2D eigenvalue weighted by Crippen LogP contribution is -2.49. The van der Waals surface area contributed by atoms with Gasteiger partial charge in [-0.05, 0) is 43.7 Å². The number of hydrogen-bond donors (Lipinski definition) is 1. The van der Waals surface area contributed by atoms with Crippen LogP contribution in [0.1, 0.15) is 43.2 Å². The van der Waals surface area contributed by atoms with Crippen LogP contribution in [0.4, 0.5) is 4.79 Å². The highest BCUT2D eigenvalue weighted by molar-refractivity contribution is 6.11. The van der Waals surface area contributed by atoms with Gasteiger partial charge >= 0.3 is 6.03 Å². The Kier molecular flexibility index (Phi) is 3.63. The molecule has 3 amide bonds. The molecular formula is C19H20N2O4. The SMILES string of the molecule is CC1CCC2(CC1)NC(=O)N(CC(=O)c1cc3ccccc3o1)C2=O. The summed E-state index contributed by atoms with van der Waals surface area (Å²) in [6.45, 7) is 1.86. The largest absolute Gasteiger partial charge is 0.453 e. The number of furan rings is 1. The number of nitrogens with zero attached hydrogens (tertiary/aromatic N) is 1. The first-order valence-electron chi connectivity index (χ1n) is 8.64. The van der Waals surface area contributed by atoms with Gasteiger partial charge in [0.05, 0.1) is 6.54 Å². The molecule has 1 N–H and O–H groups in total. The van der Waals surface area contributed by atoms with Crippen LogP contribution in [-0.2, 0) is 4.79 Å². The summed E-state index contributed by atoms with van der Waals surface area (Å²) in [6.07, 6.45) is 3.07. The Labute approximate surface area is 145 Å². The van der Waals surface area contributed by atoms with Crippen molar-refractivity contribution in [3.05, 3.63) is 36.1 Å². The minimum absolute atomic E-state index is 0.167. The number of nitrogens with one attached hydrogen (secondary N) is 1. The van der Waals surface area contributed by atoms with Crippen LogP contribution < -0.4 is 5.32 Å². The zero-order valence-corrected chi connectivity index (χ0v) is 14.1. The molecular weight excluding hydrogens is 320 g/mol. The van der Waals surface area contributed by atoms with Crippen LogP contribution in [-0.4, -0.2) is 34.7 Å². The molecule has 6 nitrogen and oxygen atoms in total. The maximum absolute atomic E-state index is 12.8. The number of rotatable bonds is 3. The first kappa shape index (κ1) is 15.9. The molecule has 1 aromatic carbocycles. The molecule has 2 fully saturated rings. The molecule has 1 aromatic heterocycles. The van der Waals surface area contributed by atoms with Gasteiger partial charge in [0.1, 0.15) is 11.1 Å². The molecule has 0 atom stereocenters. The van der Waals surface area contributed by atoms with E-state index in [0.29, 0.717) is 24.3 Å². The average molecular weight is 340 g/mol. The third-order valence-electron chi connectivity index (χ3n) is 5.38. The van der Waals surface area contributed by atoms with E-state index in [1.165, 1.54) is 0 Å². The van der Waals surface area contributed by atoms with E-state index in [-0.39, 0.29) is 24.0 Å². The highest BCUT2D eigenvalue weighted by Crippen LogP contribution is 2.36. The number of hydrogen-bond acceptors (Lipinski definition) is 4. The highest BCUT2D eigenvalue weighted by atomic mass is 16.3. The van der Waals surface area contributed by atoms with E-state index in [2.05, 4.69) is 12.2 Å². The third-order valence-corrected chi connectivity index (χ3v) is 5.38. The molecule has 1 saturated carbocycles. The predicted octanol–water partition coefficient (Wildman–Crippen LogP) is 3.12. The van der Waals surface area contributed by atoms with Crippen molar-refractivity contribution in [2.24, 2.45) is 5.92 Å². The number of para-hydroxylation sites is 1. The lowest BCUT2D eigenvalue weighted by Gasteiger charge is -2.33. The Morgan fingerprint density at radius 2 is 2.00 bits per heavy atom. The van der Waals surface area contributed by atoms with Gasteiger partial charge in [0.2, 0.25) is 5.78 Å². The Morgan fingerprint density at radius 3 is 2.72 bits per heavy atom. The second kappa shape index (κ2) is 5.72. The summed E-state index contributed by atoms with van der Waals surface area (Å²) in [5.74, 6) is 0.0661. The Balaban J connectivity index is 1.53. The molecule has 0 radical (unpaired) electrons. The van der Waals surface area contributed by atoms with Crippen molar-refractivity contribution in [1.82, 2.24) is 10.2 Å². The van der Waals surface area contributed by atoms with Crippen molar-refractivity contribution in [1.29, 1.82) is 0 Å². The molecule has 6 heteroatoms. The van der Waals surface area contributed by atoms with Gasteiger partial charge in [-0.1, -0.05) is 25.1 Å². The van der Waals surface area contributed by atoms with Gasteiger partial charge in [0.15, 0.2) is 5.76 Å². The lowest BCUT2D eigenvalue weighted by molar-refractivity contribution is -0.132. The number of amides is 3. The van der Waals surface area contributed by atoms with Gasteiger partial charge < -0.3 is 9.73 Å². The standard InChI is InChI=1S/C19H20N2O4/c1-12-6-8-19(9-7-12)17(23)21(18(24)20-19)11-14(22)16-10-13-4-2-3-5-15(13)25-16/h2-5,10,12H,6-9,11H2,1H3,(H,20,24). The van der Waals surface area contributed by atoms with Crippen LogP contribution in [0.25, 0.3) is 11.0 Å². The second-order valence-electron chi connectivity index (χ2n) is 7.16. The molecule has 2 heterocycles. The minimum atomic E-state index is -0.822. The normalized spacial score (nSPS) is 26.4. The summed E-state index contributed by atoms with van der Waals surface area (Å²) in [6, 6.07) is 8.47. The van der Waals surface area contributed by atoms with E-state index in [1.54, 1.807) is 12.1 Å². The summed E-state index contributed by atoms with van der Waals surface area (Å²) in [4.78, 5) is 38.6. The molecule has 4 rings (SSSR count). The lowest BCUT2D eigenvalue weighted by atomic mass is 9.77. The number of carbonyl (C=O) groups is 3. The summed E-state index contributed by atoms with van der Waals surface area (Å²) in [5.41, 5.74) is -0.210. The minimum Gasteiger partial charge on any atom is -0.453 e. The molecule has 2 aromatic rings. The number of ketones is 1. The fourth-order valence-electron chi connectivity index (χ4n) is 3.75. The molecule has 2 aliphatic rings. The van der Waals surface area contributed by atoms with Crippen molar-refractivity contribution in [2.75, 3.05) is 6.54 Å². The molecule has 25 heavy (non-hydrogen) atoms. The summed E-state index contributed by atoms with van der Waals surface area (Å²) < 4.78 is 5.54. The van der Waals surface area contributed by atoms with Gasteiger partial charge in [-0.15, -0.1) is 0 Å². The highest BCUT2D eigenvalue weighted by Gasteiger charge is 2.52. The van der Waals surface area contributed by atoms with Crippen molar-refractivity contribution in [3.63, 3.8) is 0 Å². The molecule has 1 aliphatic heterocycles. The molecule has 130 valence electrons. The van der Waals surface area contributed by atoms with Crippen LogP contribution in [0.3, 0.4) is 0 Å². The topological polar surface area (TPSA) is 79.6 Å². The average Bonchev–Trinajstić information content (AvgIpc) is 3.13. The Hall–Kier alpha value is -2.63. The van der Waals surface area contributed by atoms with Crippen LogP contribution in [0.15, 0.2) is 34.7 Å². The van der Waals surface area contributed by atoms with Gasteiger partial charge in [-0.3, -0.25) is 14.5 Å². The van der Waals surface area contributed by atoms with E-state index in [9.17, 15) is 14.4 Å². The number of carbonyl (C=O) groups excluding carboxylic acids is 3. The summed E-state index contributed by atoms with van der Waals surface area (Å²) in [5, 5.41) is 3.65. The second-order valence-corrected chi connectivity index (χ2v) is 7.16. The summed E-state index contributed by atoms with van der Waals surface area (Å²) in [7, 11) is 0. The molecule has 1 saturated heterocycles. The van der Waals surface area contributed by atoms with E-state index >= 15 is 0 Å². The number of urea groups is 1. The first-order valence-corrected chi connectivity index (χ1v) is 8.64. The molecule has 1 aliphatic carbocycles. The van der Waals surface area contributed by atoms with Crippen LogP contribution in [0.5, 0.6) is 0 Å². The van der Waals surface area contributed by atoms with Gasteiger partial charge in [-0.2, -0.15) is 0 Å². The van der Waals surface area contributed by atoms with Crippen molar-refractivity contribution in [3.8, 4) is 0 Å². The first-order chi connectivity index (χ1) is 12.0. The van der Waals surface area contributed by atoms with Crippen LogP contribution in [0.2, 0.25) is 0 Å². The fourth-order valence-corrected chi connectivity index (χ4v) is 3.75. The maximum Gasteiger partial charge on any atom is 0.325 e. The van der Waals surface area contributed by atoms with Gasteiger partial charge in [0, 0.05) is 5.39 Å². The molecule has 0 bridgehead atoms. The maximum atomic E-state index is 12.8. The van der Waals surface area contributed by atoms with E-state index < -0.39 is 11.6 Å². The predicted molar refractivity (Wildman–Crippen MR) is 91.2 cm³/mol. The van der Waals surface area contributed by atoms with Gasteiger partial charge in [0.25, 0.3) is 5.91 Å². The van der Waals surface area contributed by atoms with E-state index in [4.69, 9.17) is 4.42 Å². The van der Waals surface area contributed by atoms with Gasteiger partial charge in [-0.25, -0.2) is 4.79 Å². The Morgan fingerprint density at radius 1 is 1.28 bits per heavy atom. The van der Waals surface area contributed by atoms with Crippen molar-refractivity contribution < 1.29 is 18.8 Å². The van der Waals surface area contributed by atoms with Crippen molar-refractivity contribution >= 4 is 28.7 Å². The third kappa shape index (κ3) is 2.62. The van der Waals surface area contributed by atoms with E-state index in [0.717, 1.165) is 23.1 Å². The van der Waals surface area contributed by atoms with Crippen molar-refractivity contribution in [2.45, 2.75) is 38.1 Å². The number of benzene rings is 1. The Bertz CT molecular complexity index is 828. The number of fused-ring (bicyclic) bond motifs is 1.